The molecule has 3 aliphatic heterocycles. The van der Waals surface area contributed by atoms with Crippen molar-refractivity contribution >= 4 is 29.9 Å². The van der Waals surface area contributed by atoms with E-state index >= 15 is 0 Å². The number of halogens is 1. The minimum Gasteiger partial charge on any atom is -0.354 e. The molecule has 1 aromatic rings. The molecule has 0 bridgehead atoms. The number of guanidine groups is 1. The Morgan fingerprint density at radius 1 is 1.13 bits per heavy atom. The summed E-state index contributed by atoms with van der Waals surface area (Å²) in [5, 5.41) is 3.83. The Morgan fingerprint density at radius 2 is 1.87 bits per heavy atom. The maximum Gasteiger partial charge on any atom is 0.193 e. The fourth-order valence-electron chi connectivity index (χ4n) is 5.68. The van der Waals surface area contributed by atoms with Gasteiger partial charge in [0.15, 0.2) is 5.96 Å². The highest BCUT2D eigenvalue weighted by Gasteiger charge is 2.40. The van der Waals surface area contributed by atoms with E-state index in [1.165, 1.54) is 64.7 Å². The van der Waals surface area contributed by atoms with Crippen LogP contribution >= 0.6 is 24.0 Å². The molecule has 0 amide bonds. The molecule has 31 heavy (non-hydrogen) atoms. The summed E-state index contributed by atoms with van der Waals surface area (Å²) in [5.74, 6) is 1.73. The van der Waals surface area contributed by atoms with Crippen molar-refractivity contribution in [3.8, 4) is 0 Å². The van der Waals surface area contributed by atoms with Gasteiger partial charge in [0.1, 0.15) is 0 Å². The largest absolute Gasteiger partial charge is 0.354 e. The average Bonchev–Trinajstić information content (AvgIpc) is 3.32. The fourth-order valence-corrected chi connectivity index (χ4v) is 5.68. The average molecular weight is 544 g/mol. The molecule has 3 aliphatic rings. The Labute approximate surface area is 205 Å². The number of imidazole rings is 1. The molecule has 1 aromatic heterocycles. The van der Waals surface area contributed by atoms with Crippen LogP contribution < -0.4 is 5.32 Å². The van der Waals surface area contributed by atoms with Gasteiger partial charge in [0.05, 0.1) is 12.4 Å². The minimum absolute atomic E-state index is 0. The summed E-state index contributed by atoms with van der Waals surface area (Å²) < 4.78 is 2.27. The van der Waals surface area contributed by atoms with E-state index in [-0.39, 0.29) is 29.5 Å². The molecule has 1 N–H and O–H groups in total. The summed E-state index contributed by atoms with van der Waals surface area (Å²) in [5.41, 5.74) is 0.274. The third-order valence-corrected chi connectivity index (χ3v) is 7.86. The molecule has 8 heteroatoms. The zero-order valence-corrected chi connectivity index (χ0v) is 22.0. The van der Waals surface area contributed by atoms with Crippen LogP contribution in [0.5, 0.6) is 0 Å². The van der Waals surface area contributed by atoms with Gasteiger partial charge in [0.25, 0.3) is 0 Å². The van der Waals surface area contributed by atoms with Crippen LogP contribution in [0.3, 0.4) is 0 Å². The molecule has 2 atom stereocenters. The van der Waals surface area contributed by atoms with Crippen molar-refractivity contribution in [3.05, 3.63) is 18.7 Å². The van der Waals surface area contributed by atoms with Crippen molar-refractivity contribution in [2.75, 3.05) is 59.9 Å². The van der Waals surface area contributed by atoms with Crippen LogP contribution in [0.2, 0.25) is 0 Å². The number of likely N-dealkylation sites (tertiary alicyclic amines) is 3. The second kappa shape index (κ2) is 11.3. The molecule has 4 rings (SSSR count). The Morgan fingerprint density at radius 3 is 2.52 bits per heavy atom. The first-order valence-electron chi connectivity index (χ1n) is 12.0. The van der Waals surface area contributed by atoms with E-state index in [9.17, 15) is 0 Å². The van der Waals surface area contributed by atoms with Crippen molar-refractivity contribution in [1.82, 2.24) is 29.6 Å². The molecule has 7 nitrogen and oxygen atoms in total. The number of nitrogens with one attached hydrogen (secondary N) is 1. The van der Waals surface area contributed by atoms with E-state index in [2.05, 4.69) is 49.7 Å². The molecule has 0 radical (unpaired) electrons. The summed E-state index contributed by atoms with van der Waals surface area (Å²) in [6.07, 6.45) is 13.7. The third-order valence-electron chi connectivity index (χ3n) is 7.86. The summed E-state index contributed by atoms with van der Waals surface area (Å²) in [7, 11) is 4.20. The molecular formula is C23H42IN7. The predicted octanol–water partition coefficient (Wildman–Crippen LogP) is 2.91. The van der Waals surface area contributed by atoms with Gasteiger partial charge in [-0.15, -0.1) is 24.0 Å². The Hall–Kier alpha value is -0.870. The maximum absolute atomic E-state index is 4.71. The van der Waals surface area contributed by atoms with Gasteiger partial charge in [-0.1, -0.05) is 13.3 Å². The topological polar surface area (TPSA) is 51.9 Å². The summed E-state index contributed by atoms with van der Waals surface area (Å²) in [6, 6.07) is 0.458. The second-order valence-electron chi connectivity index (χ2n) is 9.77. The monoisotopic (exact) mass is 543 g/mol. The van der Waals surface area contributed by atoms with Crippen LogP contribution in [0, 0.1) is 5.92 Å². The van der Waals surface area contributed by atoms with Gasteiger partial charge in [-0.25, -0.2) is 4.98 Å². The summed E-state index contributed by atoms with van der Waals surface area (Å²) in [4.78, 5) is 16.7. The van der Waals surface area contributed by atoms with Crippen LogP contribution in [0.15, 0.2) is 23.7 Å². The lowest BCUT2D eigenvalue weighted by Crippen LogP contribution is -2.62. The molecule has 0 aromatic carbocycles. The Kier molecular flexibility index (Phi) is 9.04. The van der Waals surface area contributed by atoms with Crippen molar-refractivity contribution in [2.24, 2.45) is 10.9 Å². The lowest BCUT2D eigenvalue weighted by molar-refractivity contribution is 0.0167. The number of hydrogen-bond acceptors (Lipinski definition) is 4. The smallest absolute Gasteiger partial charge is 0.193 e. The molecule has 0 spiro atoms. The van der Waals surface area contributed by atoms with Crippen LogP contribution in [0.1, 0.15) is 51.5 Å². The van der Waals surface area contributed by atoms with Gasteiger partial charge in [0.2, 0.25) is 0 Å². The lowest BCUT2D eigenvalue weighted by Gasteiger charge is -2.50. The molecule has 176 valence electrons. The van der Waals surface area contributed by atoms with Gasteiger partial charge < -0.3 is 19.7 Å². The highest BCUT2D eigenvalue weighted by Crippen LogP contribution is 2.31. The number of aliphatic imine (C=N–C) groups is 1. The number of rotatable bonds is 4. The highest BCUT2D eigenvalue weighted by molar-refractivity contribution is 14.0. The predicted molar refractivity (Wildman–Crippen MR) is 138 cm³/mol. The first-order valence-corrected chi connectivity index (χ1v) is 12.0. The van der Waals surface area contributed by atoms with Gasteiger partial charge >= 0.3 is 0 Å². The summed E-state index contributed by atoms with van der Waals surface area (Å²) in [6.45, 7) is 10.4. The summed E-state index contributed by atoms with van der Waals surface area (Å²) >= 11 is 0. The zero-order valence-electron chi connectivity index (χ0n) is 19.7. The number of nitrogens with zero attached hydrogens (tertiary/aromatic N) is 6. The van der Waals surface area contributed by atoms with Gasteiger partial charge in [-0.3, -0.25) is 9.89 Å². The minimum atomic E-state index is 0. The van der Waals surface area contributed by atoms with E-state index in [1.54, 1.807) is 0 Å². The normalized spacial score (nSPS) is 28.2. The van der Waals surface area contributed by atoms with Crippen molar-refractivity contribution in [3.63, 3.8) is 0 Å². The van der Waals surface area contributed by atoms with Crippen molar-refractivity contribution in [2.45, 2.75) is 57.0 Å². The maximum atomic E-state index is 4.71. The van der Waals surface area contributed by atoms with Crippen LogP contribution in [-0.2, 0) is 0 Å². The van der Waals surface area contributed by atoms with E-state index in [0.29, 0.717) is 12.0 Å². The molecular weight excluding hydrogens is 501 g/mol. The first kappa shape index (κ1) is 24.8. The SMILES string of the molecule is CN=C(NCC1(N2CCCCC2)CCN(C)CC1)N1CCC(C)C(n2ccnc2)C1.I. The van der Waals surface area contributed by atoms with E-state index < -0.39 is 0 Å². The third kappa shape index (κ3) is 5.74. The number of piperidine rings is 3. The van der Waals surface area contributed by atoms with E-state index in [4.69, 9.17) is 4.99 Å². The highest BCUT2D eigenvalue weighted by atomic mass is 127. The second-order valence-corrected chi connectivity index (χ2v) is 9.77. The van der Waals surface area contributed by atoms with Crippen LogP contribution in [-0.4, -0.2) is 95.7 Å². The molecule has 3 fully saturated rings. The lowest BCUT2D eigenvalue weighted by atomic mass is 9.84. The quantitative estimate of drug-likeness (QED) is 0.360. The molecule has 0 saturated carbocycles. The Balaban J connectivity index is 0.00000272. The van der Waals surface area contributed by atoms with Gasteiger partial charge in [-0.2, -0.15) is 0 Å². The van der Waals surface area contributed by atoms with Crippen LogP contribution in [0.4, 0.5) is 0 Å². The van der Waals surface area contributed by atoms with Crippen LogP contribution in [0.25, 0.3) is 0 Å². The molecule has 4 heterocycles. The van der Waals surface area contributed by atoms with Gasteiger partial charge in [0, 0.05) is 44.6 Å². The number of aromatic nitrogens is 2. The van der Waals surface area contributed by atoms with Crippen molar-refractivity contribution < 1.29 is 0 Å². The van der Waals surface area contributed by atoms with Crippen molar-refractivity contribution in [1.29, 1.82) is 0 Å². The fraction of sp³-hybridized carbons (Fsp3) is 0.826. The Bertz CT molecular complexity index is 678. The molecule has 3 saturated heterocycles. The number of hydrogen-bond donors (Lipinski definition) is 1. The van der Waals surface area contributed by atoms with E-state index in [1.807, 2.05) is 19.6 Å². The standard InChI is InChI=1S/C23H41N7.HI/c1-20-7-13-28(17-21(20)29-16-10-25-19-29)22(24-2)26-18-23(8-14-27(3)15-9-23)30-11-5-4-6-12-30;/h10,16,19-21H,4-9,11-15,17-18H2,1-3H3,(H,24,26);1H. The first-order chi connectivity index (χ1) is 14.6. The molecule has 2 unspecified atom stereocenters. The molecule has 0 aliphatic carbocycles. The van der Waals surface area contributed by atoms with Gasteiger partial charge in [-0.05, 0) is 71.2 Å². The zero-order chi connectivity index (χ0) is 21.0. The van der Waals surface area contributed by atoms with E-state index in [0.717, 1.165) is 25.6 Å².